The molecule has 2 atom stereocenters. The number of carbonyl (C=O) groups excluding carboxylic acids is 1. The van der Waals surface area contributed by atoms with Crippen molar-refractivity contribution in [3.05, 3.63) is 35.5 Å². The van der Waals surface area contributed by atoms with E-state index < -0.39 is 5.60 Å². The van der Waals surface area contributed by atoms with Gasteiger partial charge in [-0.05, 0) is 31.4 Å². The standard InChI is InChI=1S/C21H25N7O3/c1-12-8-16(25-18-17(12)23-11-24-19(18)22)28-6-3-4-13(10-28)14-9-15(31-26-14)21(30)5-7-27(2)20(21)29/h8-9,11,13,30H,3-7,10H2,1-2H3,(H2,22,23,24)/t13?,21-/m1/s1. The number of pyridine rings is 1. The zero-order valence-corrected chi connectivity index (χ0v) is 17.6. The molecule has 1 amide bonds. The van der Waals surface area contributed by atoms with Crippen LogP contribution < -0.4 is 10.6 Å². The molecular weight excluding hydrogens is 398 g/mol. The Morgan fingerprint density at radius 1 is 1.26 bits per heavy atom. The molecule has 1 unspecified atom stereocenters. The lowest BCUT2D eigenvalue weighted by atomic mass is 9.92. The number of aliphatic hydroxyl groups is 1. The highest BCUT2D eigenvalue weighted by atomic mass is 16.5. The van der Waals surface area contributed by atoms with E-state index in [-0.39, 0.29) is 17.6 Å². The van der Waals surface area contributed by atoms with Gasteiger partial charge in [-0.1, -0.05) is 5.16 Å². The zero-order valence-electron chi connectivity index (χ0n) is 17.6. The van der Waals surface area contributed by atoms with E-state index >= 15 is 0 Å². The molecule has 5 heterocycles. The summed E-state index contributed by atoms with van der Waals surface area (Å²) in [5, 5.41) is 15.0. The average Bonchev–Trinajstić information content (AvgIpc) is 3.37. The Bertz CT molecular complexity index is 1160. The summed E-state index contributed by atoms with van der Waals surface area (Å²) < 4.78 is 5.44. The molecule has 0 bridgehead atoms. The lowest BCUT2D eigenvalue weighted by molar-refractivity contribution is -0.144. The number of hydrogen-bond donors (Lipinski definition) is 2. The van der Waals surface area contributed by atoms with Crippen molar-refractivity contribution in [2.45, 2.75) is 37.7 Å². The van der Waals surface area contributed by atoms with Crippen molar-refractivity contribution in [3.63, 3.8) is 0 Å². The van der Waals surface area contributed by atoms with Crippen LogP contribution in [0.2, 0.25) is 0 Å². The van der Waals surface area contributed by atoms with Crippen molar-refractivity contribution in [1.82, 2.24) is 25.0 Å². The van der Waals surface area contributed by atoms with Gasteiger partial charge in [0.25, 0.3) is 5.91 Å². The molecule has 162 valence electrons. The van der Waals surface area contributed by atoms with Gasteiger partial charge in [-0.25, -0.2) is 15.0 Å². The molecule has 2 fully saturated rings. The van der Waals surface area contributed by atoms with E-state index in [2.05, 4.69) is 20.0 Å². The van der Waals surface area contributed by atoms with Crippen LogP contribution in [0.25, 0.3) is 11.0 Å². The molecule has 5 rings (SSSR count). The van der Waals surface area contributed by atoms with E-state index in [0.717, 1.165) is 42.0 Å². The number of carbonyl (C=O) groups is 1. The lowest BCUT2D eigenvalue weighted by Gasteiger charge is -2.33. The first-order valence-electron chi connectivity index (χ1n) is 10.4. The van der Waals surface area contributed by atoms with E-state index in [4.69, 9.17) is 15.2 Å². The van der Waals surface area contributed by atoms with E-state index in [1.807, 2.05) is 13.0 Å². The molecule has 0 radical (unpaired) electrons. The number of nitrogen functional groups attached to an aromatic ring is 1. The molecule has 0 aliphatic carbocycles. The van der Waals surface area contributed by atoms with Crippen LogP contribution in [-0.2, 0) is 10.4 Å². The van der Waals surface area contributed by atoms with Crippen LogP contribution in [0.15, 0.2) is 23.0 Å². The van der Waals surface area contributed by atoms with Gasteiger partial charge in [-0.2, -0.15) is 0 Å². The average molecular weight is 423 g/mol. The Balaban J connectivity index is 1.41. The summed E-state index contributed by atoms with van der Waals surface area (Å²) >= 11 is 0. The number of amides is 1. The van der Waals surface area contributed by atoms with Crippen LogP contribution in [0.3, 0.4) is 0 Å². The number of nitrogens with zero attached hydrogens (tertiary/aromatic N) is 6. The molecule has 31 heavy (non-hydrogen) atoms. The summed E-state index contributed by atoms with van der Waals surface area (Å²) in [7, 11) is 1.67. The molecule has 2 aliphatic rings. The highest BCUT2D eigenvalue weighted by Crippen LogP contribution is 2.36. The van der Waals surface area contributed by atoms with Crippen LogP contribution in [0.5, 0.6) is 0 Å². The number of hydrogen-bond acceptors (Lipinski definition) is 9. The third-order valence-corrected chi connectivity index (χ3v) is 6.41. The molecule has 0 spiro atoms. The van der Waals surface area contributed by atoms with Crippen molar-refractivity contribution in [2.75, 3.05) is 37.3 Å². The number of rotatable bonds is 3. The minimum atomic E-state index is -1.62. The molecule has 10 nitrogen and oxygen atoms in total. The van der Waals surface area contributed by atoms with Crippen LogP contribution in [0.1, 0.15) is 42.2 Å². The predicted molar refractivity (Wildman–Crippen MR) is 113 cm³/mol. The van der Waals surface area contributed by atoms with Gasteiger partial charge in [0, 0.05) is 45.1 Å². The van der Waals surface area contributed by atoms with Gasteiger partial charge < -0.3 is 25.2 Å². The van der Waals surface area contributed by atoms with Gasteiger partial charge in [0.2, 0.25) is 5.60 Å². The first-order valence-corrected chi connectivity index (χ1v) is 10.4. The molecule has 3 N–H and O–H groups in total. The van der Waals surface area contributed by atoms with Gasteiger partial charge in [0.15, 0.2) is 11.6 Å². The largest absolute Gasteiger partial charge is 0.382 e. The number of likely N-dealkylation sites (tertiary alicyclic amines) is 1. The summed E-state index contributed by atoms with van der Waals surface area (Å²) in [5.41, 5.74) is 7.51. The molecule has 2 aliphatic heterocycles. The van der Waals surface area contributed by atoms with E-state index in [9.17, 15) is 9.90 Å². The Kier molecular flexibility index (Phi) is 4.54. The quantitative estimate of drug-likeness (QED) is 0.640. The second kappa shape index (κ2) is 7.16. The molecule has 3 aromatic heterocycles. The number of aryl methyl sites for hydroxylation is 1. The molecule has 0 aromatic carbocycles. The van der Waals surface area contributed by atoms with Crippen molar-refractivity contribution in [3.8, 4) is 0 Å². The monoisotopic (exact) mass is 423 g/mol. The summed E-state index contributed by atoms with van der Waals surface area (Å²) in [4.78, 5) is 29.2. The third kappa shape index (κ3) is 3.18. The fourth-order valence-corrected chi connectivity index (χ4v) is 4.55. The van der Waals surface area contributed by atoms with Gasteiger partial charge in [-0.3, -0.25) is 4.79 Å². The number of likely N-dealkylation sites (N-methyl/N-ethyl adjacent to an activating group) is 1. The SMILES string of the molecule is Cc1cc(N2CCCC(c3cc([C@]4(O)CCN(C)C4=O)on3)C2)nc2c(N)ncnc12. The second-order valence-electron chi connectivity index (χ2n) is 8.49. The van der Waals surface area contributed by atoms with Gasteiger partial charge >= 0.3 is 0 Å². The molecule has 0 saturated carbocycles. The van der Waals surface area contributed by atoms with Crippen molar-refractivity contribution in [1.29, 1.82) is 0 Å². The first kappa shape index (κ1) is 19.7. The summed E-state index contributed by atoms with van der Waals surface area (Å²) in [5.74, 6) is 1.16. The number of aromatic nitrogens is 4. The minimum Gasteiger partial charge on any atom is -0.382 e. The fraction of sp³-hybridized carbons (Fsp3) is 0.476. The van der Waals surface area contributed by atoms with Crippen LogP contribution in [-0.4, -0.2) is 62.7 Å². The van der Waals surface area contributed by atoms with Crippen LogP contribution in [0.4, 0.5) is 11.6 Å². The maximum atomic E-state index is 12.4. The summed E-state index contributed by atoms with van der Waals surface area (Å²) in [6.45, 7) is 4.04. The predicted octanol–water partition coefficient (Wildman–Crippen LogP) is 1.34. The Labute approximate surface area is 179 Å². The first-order chi connectivity index (χ1) is 14.9. The Hall–Kier alpha value is -3.27. The van der Waals surface area contributed by atoms with Gasteiger partial charge in [0.05, 0.1) is 11.2 Å². The molecular formula is C21H25N7O3. The van der Waals surface area contributed by atoms with Crippen LogP contribution >= 0.6 is 0 Å². The molecule has 10 heteroatoms. The smallest absolute Gasteiger partial charge is 0.262 e. The van der Waals surface area contributed by atoms with E-state index in [1.54, 1.807) is 13.1 Å². The van der Waals surface area contributed by atoms with Crippen molar-refractivity contribution >= 4 is 28.6 Å². The van der Waals surface area contributed by atoms with Crippen molar-refractivity contribution < 1.29 is 14.4 Å². The maximum Gasteiger partial charge on any atom is 0.262 e. The Morgan fingerprint density at radius 2 is 2.10 bits per heavy atom. The third-order valence-electron chi connectivity index (χ3n) is 6.41. The minimum absolute atomic E-state index is 0.103. The Morgan fingerprint density at radius 3 is 2.87 bits per heavy atom. The lowest BCUT2D eigenvalue weighted by Crippen LogP contribution is -2.36. The topological polar surface area (TPSA) is 134 Å². The normalized spacial score (nSPS) is 24.4. The maximum absolute atomic E-state index is 12.4. The molecule has 3 aromatic rings. The highest BCUT2D eigenvalue weighted by Gasteiger charge is 2.48. The summed E-state index contributed by atoms with van der Waals surface area (Å²) in [6.07, 6.45) is 3.65. The van der Waals surface area contributed by atoms with Crippen molar-refractivity contribution in [2.24, 2.45) is 0 Å². The fourth-order valence-electron chi connectivity index (χ4n) is 4.55. The highest BCUT2D eigenvalue weighted by molar-refractivity contribution is 5.88. The van der Waals surface area contributed by atoms with Crippen LogP contribution in [0, 0.1) is 6.92 Å². The second-order valence-corrected chi connectivity index (χ2v) is 8.49. The summed E-state index contributed by atoms with van der Waals surface area (Å²) in [6, 6.07) is 3.75. The van der Waals surface area contributed by atoms with Gasteiger partial charge in [-0.15, -0.1) is 0 Å². The zero-order chi connectivity index (χ0) is 21.8. The number of nitrogens with two attached hydrogens (primary N) is 1. The van der Waals surface area contributed by atoms with E-state index in [1.165, 1.54) is 11.2 Å². The molecule has 2 saturated heterocycles. The van der Waals surface area contributed by atoms with Gasteiger partial charge in [0.1, 0.15) is 17.7 Å². The number of anilines is 2. The number of fused-ring (bicyclic) bond motifs is 1. The van der Waals surface area contributed by atoms with E-state index in [0.29, 0.717) is 30.8 Å². The number of piperidine rings is 1.